The van der Waals surface area contributed by atoms with Crippen LogP contribution in [0.5, 0.6) is 0 Å². The summed E-state index contributed by atoms with van der Waals surface area (Å²) in [5.41, 5.74) is 1.95. The molecule has 0 unspecified atom stereocenters. The zero-order valence-corrected chi connectivity index (χ0v) is 13.8. The molecule has 3 aromatic rings. The molecule has 0 aliphatic heterocycles. The molecule has 0 spiro atoms. The van der Waals surface area contributed by atoms with Gasteiger partial charge in [0.25, 0.3) is 5.91 Å². The molecule has 0 aliphatic rings. The molecule has 2 heterocycles. The summed E-state index contributed by atoms with van der Waals surface area (Å²) in [7, 11) is 1.89. The Morgan fingerprint density at radius 3 is 2.96 bits per heavy atom. The molecule has 7 nitrogen and oxygen atoms in total. The lowest BCUT2D eigenvalue weighted by Crippen LogP contribution is -2.27. The summed E-state index contributed by atoms with van der Waals surface area (Å²) in [6.45, 7) is 3.31. The van der Waals surface area contributed by atoms with Gasteiger partial charge in [0.05, 0.1) is 11.4 Å². The predicted molar refractivity (Wildman–Crippen MR) is 92.3 cm³/mol. The number of pyridine rings is 1. The molecule has 0 bridgehead atoms. The number of amides is 1. The maximum atomic E-state index is 12.3. The summed E-state index contributed by atoms with van der Waals surface area (Å²) in [4.78, 5) is 16.4. The van der Waals surface area contributed by atoms with Crippen LogP contribution in [0.2, 0.25) is 0 Å². The summed E-state index contributed by atoms with van der Waals surface area (Å²) < 4.78 is 1.70. The number of hydrogen-bond acceptors (Lipinski definition) is 5. The van der Waals surface area contributed by atoms with Crippen LogP contribution in [-0.4, -0.2) is 46.0 Å². The van der Waals surface area contributed by atoms with Crippen molar-refractivity contribution < 1.29 is 4.79 Å². The quantitative estimate of drug-likeness (QED) is 0.671. The van der Waals surface area contributed by atoms with E-state index >= 15 is 0 Å². The van der Waals surface area contributed by atoms with E-state index in [1.165, 1.54) is 0 Å². The number of aromatic nitrogens is 4. The van der Waals surface area contributed by atoms with E-state index in [1.54, 1.807) is 17.1 Å². The molecule has 1 aromatic carbocycles. The van der Waals surface area contributed by atoms with Crippen LogP contribution in [0.4, 0.5) is 0 Å². The fraction of sp³-hybridized carbons (Fsp3) is 0.294. The van der Waals surface area contributed by atoms with Crippen LogP contribution in [0.1, 0.15) is 22.6 Å². The molecule has 0 saturated heterocycles. The Bertz CT molecular complexity index is 852. The van der Waals surface area contributed by atoms with Crippen molar-refractivity contribution in [3.05, 3.63) is 48.0 Å². The Balaban J connectivity index is 1.88. The lowest BCUT2D eigenvalue weighted by Gasteiger charge is -2.08. The van der Waals surface area contributed by atoms with Gasteiger partial charge in [0.1, 0.15) is 0 Å². The second-order valence-electron chi connectivity index (χ2n) is 5.52. The van der Waals surface area contributed by atoms with Gasteiger partial charge in [-0.05, 0) is 39.1 Å². The molecule has 2 aromatic heterocycles. The summed E-state index contributed by atoms with van der Waals surface area (Å²) in [6.07, 6.45) is 4.42. The van der Waals surface area contributed by atoms with E-state index in [-0.39, 0.29) is 5.91 Å². The molecule has 2 N–H and O–H groups in total. The third-order valence-electron chi connectivity index (χ3n) is 3.88. The molecule has 124 valence electrons. The van der Waals surface area contributed by atoms with Crippen molar-refractivity contribution in [2.75, 3.05) is 20.1 Å². The first kappa shape index (κ1) is 16.1. The summed E-state index contributed by atoms with van der Waals surface area (Å²) in [5.74, 6) is -0.197. The molecule has 1 amide bonds. The monoisotopic (exact) mass is 324 g/mol. The number of carbonyl (C=O) groups excluding carboxylic acids is 1. The summed E-state index contributed by atoms with van der Waals surface area (Å²) in [5, 5.41) is 16.2. The molecular weight excluding hydrogens is 304 g/mol. The number of benzene rings is 1. The SMILES string of the molecule is CNCCCNC(=O)c1nnn(-c2cccc3cnccc23)c1C. The number of rotatable bonds is 6. The topological polar surface area (TPSA) is 84.7 Å². The fourth-order valence-corrected chi connectivity index (χ4v) is 2.61. The normalized spacial score (nSPS) is 10.9. The highest BCUT2D eigenvalue weighted by atomic mass is 16.2. The highest BCUT2D eigenvalue weighted by Crippen LogP contribution is 2.22. The first-order valence-corrected chi connectivity index (χ1v) is 7.90. The predicted octanol–water partition coefficient (Wildman–Crippen LogP) is 1.46. The van der Waals surface area contributed by atoms with E-state index in [2.05, 4.69) is 25.9 Å². The zero-order chi connectivity index (χ0) is 16.9. The highest BCUT2D eigenvalue weighted by molar-refractivity contribution is 5.94. The third kappa shape index (κ3) is 3.11. The van der Waals surface area contributed by atoms with E-state index < -0.39 is 0 Å². The zero-order valence-electron chi connectivity index (χ0n) is 13.8. The Labute approximate surface area is 140 Å². The van der Waals surface area contributed by atoms with Gasteiger partial charge in [-0.2, -0.15) is 0 Å². The molecule has 0 radical (unpaired) electrons. The van der Waals surface area contributed by atoms with Crippen molar-refractivity contribution in [1.82, 2.24) is 30.6 Å². The van der Waals surface area contributed by atoms with E-state index in [0.717, 1.165) is 29.4 Å². The van der Waals surface area contributed by atoms with Crippen molar-refractivity contribution in [3.8, 4) is 5.69 Å². The van der Waals surface area contributed by atoms with Crippen LogP contribution in [-0.2, 0) is 0 Å². The molecule has 0 saturated carbocycles. The number of nitrogens with zero attached hydrogens (tertiary/aromatic N) is 4. The van der Waals surface area contributed by atoms with Gasteiger partial charge in [-0.1, -0.05) is 17.3 Å². The minimum Gasteiger partial charge on any atom is -0.351 e. The van der Waals surface area contributed by atoms with Gasteiger partial charge in [0.2, 0.25) is 0 Å². The molecule has 0 fully saturated rings. The first-order chi connectivity index (χ1) is 11.7. The van der Waals surface area contributed by atoms with E-state index in [9.17, 15) is 4.79 Å². The van der Waals surface area contributed by atoms with Gasteiger partial charge in [-0.25, -0.2) is 4.68 Å². The van der Waals surface area contributed by atoms with Crippen LogP contribution in [0, 0.1) is 6.92 Å². The van der Waals surface area contributed by atoms with E-state index in [0.29, 0.717) is 17.9 Å². The standard InChI is InChI=1S/C17H20N6O/c1-12-16(17(24)20-9-4-8-18-2)21-22-23(12)15-6-3-5-13-11-19-10-7-14(13)15/h3,5-7,10-11,18H,4,8-9H2,1-2H3,(H,20,24). The Kier molecular flexibility index (Phi) is 4.81. The van der Waals surface area contributed by atoms with Gasteiger partial charge in [-0.3, -0.25) is 9.78 Å². The summed E-state index contributed by atoms with van der Waals surface area (Å²) >= 11 is 0. The van der Waals surface area contributed by atoms with Crippen LogP contribution in [0.3, 0.4) is 0 Å². The van der Waals surface area contributed by atoms with Gasteiger partial charge in [0.15, 0.2) is 5.69 Å². The molecular formula is C17H20N6O. The van der Waals surface area contributed by atoms with Gasteiger partial charge in [0, 0.05) is 29.7 Å². The van der Waals surface area contributed by atoms with Crippen molar-refractivity contribution >= 4 is 16.7 Å². The second-order valence-corrected chi connectivity index (χ2v) is 5.52. The molecule has 0 atom stereocenters. The highest BCUT2D eigenvalue weighted by Gasteiger charge is 2.17. The Hall–Kier alpha value is -2.80. The summed E-state index contributed by atoms with van der Waals surface area (Å²) in [6, 6.07) is 7.83. The minimum absolute atomic E-state index is 0.197. The van der Waals surface area contributed by atoms with Crippen LogP contribution in [0.25, 0.3) is 16.5 Å². The average Bonchev–Trinajstić information content (AvgIpc) is 2.99. The largest absolute Gasteiger partial charge is 0.351 e. The van der Waals surface area contributed by atoms with E-state index in [1.807, 2.05) is 38.2 Å². The van der Waals surface area contributed by atoms with Gasteiger partial charge < -0.3 is 10.6 Å². The third-order valence-corrected chi connectivity index (χ3v) is 3.88. The smallest absolute Gasteiger partial charge is 0.273 e. The molecule has 24 heavy (non-hydrogen) atoms. The lowest BCUT2D eigenvalue weighted by atomic mass is 10.1. The fourth-order valence-electron chi connectivity index (χ4n) is 2.61. The van der Waals surface area contributed by atoms with Crippen LogP contribution in [0.15, 0.2) is 36.7 Å². The lowest BCUT2D eigenvalue weighted by molar-refractivity contribution is 0.0947. The van der Waals surface area contributed by atoms with Gasteiger partial charge >= 0.3 is 0 Å². The van der Waals surface area contributed by atoms with Crippen LogP contribution < -0.4 is 10.6 Å². The number of nitrogens with one attached hydrogen (secondary N) is 2. The second kappa shape index (κ2) is 7.18. The first-order valence-electron chi connectivity index (χ1n) is 7.90. The number of hydrogen-bond donors (Lipinski definition) is 2. The van der Waals surface area contributed by atoms with E-state index in [4.69, 9.17) is 0 Å². The average molecular weight is 324 g/mol. The number of fused-ring (bicyclic) bond motifs is 1. The van der Waals surface area contributed by atoms with Crippen molar-refractivity contribution in [1.29, 1.82) is 0 Å². The Morgan fingerprint density at radius 1 is 1.25 bits per heavy atom. The maximum Gasteiger partial charge on any atom is 0.273 e. The Morgan fingerprint density at radius 2 is 2.12 bits per heavy atom. The maximum absolute atomic E-state index is 12.3. The van der Waals surface area contributed by atoms with Crippen molar-refractivity contribution in [2.24, 2.45) is 0 Å². The number of carbonyl (C=O) groups is 1. The minimum atomic E-state index is -0.197. The van der Waals surface area contributed by atoms with Crippen LogP contribution >= 0.6 is 0 Å². The van der Waals surface area contributed by atoms with Gasteiger partial charge in [-0.15, -0.1) is 5.10 Å². The molecule has 7 heteroatoms. The molecule has 3 rings (SSSR count). The van der Waals surface area contributed by atoms with Crippen molar-refractivity contribution in [2.45, 2.75) is 13.3 Å². The van der Waals surface area contributed by atoms with Crippen molar-refractivity contribution in [3.63, 3.8) is 0 Å². The molecule has 0 aliphatic carbocycles.